The lowest BCUT2D eigenvalue weighted by molar-refractivity contribution is -0.00870. The standard InChI is InChI=1S/C25H39FN4O5/c1-27-16-22(14-18-7-11-34-12-8-18)29-24(31)30-10-3-5-20(17-30)23(35-13-9-28-25(32)33)19-4-2-6-21(26)15-19/h2,4,6,15,18,20,22-23,27-28H,3,5,7-14,16-17H2,1H3,(H,29,31)(H,32,33)/t20-,22+,23?/m1/s1. The molecule has 1 aromatic rings. The van der Waals surface area contributed by atoms with Crippen molar-refractivity contribution in [3.8, 4) is 0 Å². The van der Waals surface area contributed by atoms with Crippen LogP contribution in [0, 0.1) is 17.7 Å². The number of piperidine rings is 1. The van der Waals surface area contributed by atoms with Crippen LogP contribution in [0.25, 0.3) is 0 Å². The number of rotatable bonds is 11. The van der Waals surface area contributed by atoms with Crippen LogP contribution in [0.1, 0.15) is 43.8 Å². The third-order valence-corrected chi connectivity index (χ3v) is 6.76. The highest BCUT2D eigenvalue weighted by atomic mass is 19.1. The van der Waals surface area contributed by atoms with Gasteiger partial charge in [0.25, 0.3) is 0 Å². The number of halogens is 1. The van der Waals surface area contributed by atoms with Crippen LogP contribution in [0.2, 0.25) is 0 Å². The molecule has 35 heavy (non-hydrogen) atoms. The van der Waals surface area contributed by atoms with E-state index < -0.39 is 12.2 Å². The highest BCUT2D eigenvalue weighted by Gasteiger charge is 2.32. The predicted octanol–water partition coefficient (Wildman–Crippen LogP) is 2.98. The monoisotopic (exact) mass is 494 g/mol. The summed E-state index contributed by atoms with van der Waals surface area (Å²) in [6.45, 7) is 3.70. The Kier molecular flexibility index (Phi) is 11.0. The van der Waals surface area contributed by atoms with Gasteiger partial charge < -0.3 is 35.4 Å². The third-order valence-electron chi connectivity index (χ3n) is 6.76. The molecule has 3 rings (SSSR count). The average molecular weight is 495 g/mol. The maximum atomic E-state index is 14.0. The first-order chi connectivity index (χ1) is 17.0. The lowest BCUT2D eigenvalue weighted by Crippen LogP contribution is -2.52. The zero-order valence-corrected chi connectivity index (χ0v) is 20.5. The largest absolute Gasteiger partial charge is 0.465 e. The van der Waals surface area contributed by atoms with Crippen LogP contribution in [0.15, 0.2) is 24.3 Å². The van der Waals surface area contributed by atoms with E-state index in [0.29, 0.717) is 31.1 Å². The molecule has 3 amide bonds. The van der Waals surface area contributed by atoms with Crippen LogP contribution in [-0.2, 0) is 9.47 Å². The zero-order valence-electron chi connectivity index (χ0n) is 20.5. The first kappa shape index (κ1) is 27.2. The minimum Gasteiger partial charge on any atom is -0.465 e. The second kappa shape index (κ2) is 14.2. The summed E-state index contributed by atoms with van der Waals surface area (Å²) in [6, 6.07) is 6.23. The Morgan fingerprint density at radius 3 is 2.80 bits per heavy atom. The molecule has 0 radical (unpaired) electrons. The van der Waals surface area contributed by atoms with Crippen molar-refractivity contribution in [2.75, 3.05) is 53.0 Å². The van der Waals surface area contributed by atoms with Crippen LogP contribution in [0.4, 0.5) is 14.0 Å². The minimum atomic E-state index is -1.12. The topological polar surface area (TPSA) is 112 Å². The van der Waals surface area contributed by atoms with E-state index in [2.05, 4.69) is 16.0 Å². The van der Waals surface area contributed by atoms with Crippen LogP contribution in [0.5, 0.6) is 0 Å². The summed E-state index contributed by atoms with van der Waals surface area (Å²) >= 11 is 0. The first-order valence-corrected chi connectivity index (χ1v) is 12.6. The van der Waals surface area contributed by atoms with E-state index in [9.17, 15) is 14.0 Å². The number of urea groups is 1. The van der Waals surface area contributed by atoms with E-state index in [1.807, 2.05) is 18.0 Å². The van der Waals surface area contributed by atoms with Gasteiger partial charge in [0.1, 0.15) is 5.82 Å². The van der Waals surface area contributed by atoms with Crippen LogP contribution < -0.4 is 16.0 Å². The number of benzene rings is 1. The van der Waals surface area contributed by atoms with Gasteiger partial charge in [-0.25, -0.2) is 14.0 Å². The molecule has 0 saturated carbocycles. The van der Waals surface area contributed by atoms with Gasteiger partial charge in [-0.15, -0.1) is 0 Å². The van der Waals surface area contributed by atoms with Crippen molar-refractivity contribution in [3.63, 3.8) is 0 Å². The summed E-state index contributed by atoms with van der Waals surface area (Å²) in [5.74, 6) is 0.161. The molecular formula is C25H39FN4O5. The molecule has 2 saturated heterocycles. The fourth-order valence-electron chi connectivity index (χ4n) is 5.06. The molecular weight excluding hydrogens is 455 g/mol. The summed E-state index contributed by atoms with van der Waals surface area (Å²) in [4.78, 5) is 25.8. The lowest BCUT2D eigenvalue weighted by Gasteiger charge is -2.38. The molecule has 0 aromatic heterocycles. The van der Waals surface area contributed by atoms with Gasteiger partial charge in [0.15, 0.2) is 0 Å². The highest BCUT2D eigenvalue weighted by Crippen LogP contribution is 2.33. The Labute approximate surface area is 206 Å². The number of hydrogen-bond donors (Lipinski definition) is 4. The lowest BCUT2D eigenvalue weighted by atomic mass is 9.88. The second-order valence-corrected chi connectivity index (χ2v) is 9.42. The van der Waals surface area contributed by atoms with Gasteiger partial charge in [-0.2, -0.15) is 0 Å². The summed E-state index contributed by atoms with van der Waals surface area (Å²) in [5.41, 5.74) is 0.695. The van der Waals surface area contributed by atoms with Gasteiger partial charge >= 0.3 is 12.1 Å². The summed E-state index contributed by atoms with van der Waals surface area (Å²) in [5, 5.41) is 17.5. The number of likely N-dealkylation sites (tertiary alicyclic amines) is 1. The van der Waals surface area contributed by atoms with Crippen molar-refractivity contribution in [1.29, 1.82) is 0 Å². The quantitative estimate of drug-likeness (QED) is 0.352. The summed E-state index contributed by atoms with van der Waals surface area (Å²) in [6.07, 6.45) is 3.05. The van der Waals surface area contributed by atoms with E-state index in [1.165, 1.54) is 12.1 Å². The Hall–Kier alpha value is -2.43. The van der Waals surface area contributed by atoms with Crippen molar-refractivity contribution in [1.82, 2.24) is 20.9 Å². The molecule has 3 atom stereocenters. The number of carbonyl (C=O) groups is 2. The molecule has 196 valence electrons. The van der Waals surface area contributed by atoms with Crippen molar-refractivity contribution < 1.29 is 28.6 Å². The SMILES string of the molecule is CNC[C@H](CC1CCOCC1)NC(=O)N1CCC[C@@H](C(OCCNC(=O)O)c2cccc(F)c2)C1. The third kappa shape index (κ3) is 8.94. The van der Waals surface area contributed by atoms with E-state index in [4.69, 9.17) is 14.6 Å². The van der Waals surface area contributed by atoms with Gasteiger partial charge in [0, 0.05) is 51.4 Å². The van der Waals surface area contributed by atoms with Crippen LogP contribution in [0.3, 0.4) is 0 Å². The number of nitrogens with one attached hydrogen (secondary N) is 3. The van der Waals surface area contributed by atoms with Gasteiger partial charge in [-0.05, 0) is 62.8 Å². The Balaban J connectivity index is 1.62. The fraction of sp³-hybridized carbons (Fsp3) is 0.680. The van der Waals surface area contributed by atoms with Crippen molar-refractivity contribution in [2.45, 2.75) is 44.2 Å². The normalized spacial score (nSPS) is 20.7. The van der Waals surface area contributed by atoms with Gasteiger partial charge in [0.2, 0.25) is 0 Å². The fourth-order valence-corrected chi connectivity index (χ4v) is 5.06. The summed E-state index contributed by atoms with van der Waals surface area (Å²) < 4.78 is 25.5. The molecule has 4 N–H and O–H groups in total. The van der Waals surface area contributed by atoms with E-state index in [1.54, 1.807) is 6.07 Å². The maximum Gasteiger partial charge on any atom is 0.404 e. The van der Waals surface area contributed by atoms with E-state index >= 15 is 0 Å². The van der Waals surface area contributed by atoms with Crippen molar-refractivity contribution >= 4 is 12.1 Å². The van der Waals surface area contributed by atoms with Crippen LogP contribution in [-0.4, -0.2) is 81.2 Å². The van der Waals surface area contributed by atoms with Gasteiger partial charge in [-0.1, -0.05) is 12.1 Å². The predicted molar refractivity (Wildman–Crippen MR) is 130 cm³/mol. The highest BCUT2D eigenvalue weighted by molar-refractivity contribution is 5.74. The molecule has 0 bridgehead atoms. The molecule has 10 heteroatoms. The zero-order chi connectivity index (χ0) is 25.0. The molecule has 1 unspecified atom stereocenters. The average Bonchev–Trinajstić information content (AvgIpc) is 2.84. The molecule has 2 aliphatic heterocycles. The van der Waals surface area contributed by atoms with Crippen molar-refractivity contribution in [3.05, 3.63) is 35.6 Å². The molecule has 1 aromatic carbocycles. The first-order valence-electron chi connectivity index (χ1n) is 12.6. The van der Waals surface area contributed by atoms with Gasteiger partial charge in [-0.3, -0.25) is 0 Å². The Morgan fingerprint density at radius 1 is 1.29 bits per heavy atom. The Bertz CT molecular complexity index is 808. The summed E-state index contributed by atoms with van der Waals surface area (Å²) in [7, 11) is 1.89. The molecule has 2 heterocycles. The second-order valence-electron chi connectivity index (χ2n) is 9.42. The van der Waals surface area contributed by atoms with Crippen LogP contribution >= 0.6 is 0 Å². The molecule has 2 fully saturated rings. The number of hydrogen-bond acceptors (Lipinski definition) is 5. The van der Waals surface area contributed by atoms with E-state index in [-0.39, 0.29) is 37.0 Å². The smallest absolute Gasteiger partial charge is 0.404 e. The van der Waals surface area contributed by atoms with E-state index in [0.717, 1.165) is 45.3 Å². The minimum absolute atomic E-state index is 0.0284. The number of ether oxygens (including phenoxy) is 2. The number of carbonyl (C=O) groups excluding carboxylic acids is 1. The molecule has 0 aliphatic carbocycles. The molecule has 2 aliphatic rings. The molecule has 0 spiro atoms. The number of nitrogens with zero attached hydrogens (tertiary/aromatic N) is 1. The number of likely N-dealkylation sites (N-methyl/N-ethyl adjacent to an activating group) is 1. The molecule has 9 nitrogen and oxygen atoms in total. The van der Waals surface area contributed by atoms with Gasteiger partial charge in [0.05, 0.1) is 12.7 Å². The number of amides is 3. The number of carboxylic acid groups (broad SMARTS) is 1. The Morgan fingerprint density at radius 2 is 2.09 bits per heavy atom. The van der Waals surface area contributed by atoms with Crippen molar-refractivity contribution in [2.24, 2.45) is 11.8 Å². The maximum absolute atomic E-state index is 14.0.